The summed E-state index contributed by atoms with van der Waals surface area (Å²) >= 11 is 12.3. The van der Waals surface area contributed by atoms with Gasteiger partial charge in [0.1, 0.15) is 11.3 Å². The third-order valence-corrected chi connectivity index (χ3v) is 4.82. The molecule has 0 radical (unpaired) electrons. The molecule has 0 aromatic heterocycles. The van der Waals surface area contributed by atoms with Crippen molar-refractivity contribution >= 4 is 35.0 Å². The van der Waals surface area contributed by atoms with E-state index < -0.39 is 11.9 Å². The van der Waals surface area contributed by atoms with Crippen molar-refractivity contribution in [2.75, 3.05) is 6.61 Å². The minimum Gasteiger partial charge on any atom is -0.462 e. The molecular formula is C18H17Cl2NO4. The number of ether oxygens (including phenoxy) is 2. The molecule has 1 aromatic carbocycles. The van der Waals surface area contributed by atoms with Gasteiger partial charge in [-0.2, -0.15) is 0 Å². The van der Waals surface area contributed by atoms with E-state index >= 15 is 0 Å². The molecular weight excluding hydrogens is 365 g/mol. The molecule has 0 amide bonds. The zero-order valence-corrected chi connectivity index (χ0v) is 15.1. The maximum atomic E-state index is 12.6. The SMILES string of the molecule is CCOC(=O)C1=C(N)OC2=C(C(=O)CCC2)C1c1ccc(Cl)cc1Cl. The van der Waals surface area contributed by atoms with Crippen molar-refractivity contribution in [3.8, 4) is 0 Å². The van der Waals surface area contributed by atoms with Gasteiger partial charge in [0.15, 0.2) is 5.78 Å². The predicted molar refractivity (Wildman–Crippen MR) is 94.0 cm³/mol. The van der Waals surface area contributed by atoms with Crippen LogP contribution in [0.3, 0.4) is 0 Å². The molecule has 5 nitrogen and oxygen atoms in total. The monoisotopic (exact) mass is 381 g/mol. The number of halogens is 2. The maximum absolute atomic E-state index is 12.6. The van der Waals surface area contributed by atoms with Crippen LogP contribution in [0.1, 0.15) is 37.7 Å². The molecule has 25 heavy (non-hydrogen) atoms. The highest BCUT2D eigenvalue weighted by atomic mass is 35.5. The first-order chi connectivity index (χ1) is 11.9. The van der Waals surface area contributed by atoms with Crippen LogP contribution in [0.15, 0.2) is 41.0 Å². The molecule has 0 fully saturated rings. The molecule has 2 aliphatic rings. The first-order valence-corrected chi connectivity index (χ1v) is 8.75. The molecule has 0 saturated carbocycles. The third-order valence-electron chi connectivity index (χ3n) is 4.25. The number of allylic oxidation sites excluding steroid dienone is 2. The van der Waals surface area contributed by atoms with E-state index in [-0.39, 0.29) is 23.8 Å². The standard InChI is InChI=1S/C18H17Cl2NO4/c1-2-24-18(23)16-14(10-7-6-9(19)8-11(10)20)15-12(22)4-3-5-13(15)25-17(16)21/h6-8,14H,2-5,21H2,1H3. The van der Waals surface area contributed by atoms with Crippen LogP contribution in [0, 0.1) is 0 Å². The molecule has 7 heteroatoms. The van der Waals surface area contributed by atoms with Gasteiger partial charge in [-0.05, 0) is 31.0 Å². The van der Waals surface area contributed by atoms with Crippen molar-refractivity contribution in [2.45, 2.75) is 32.1 Å². The Hall–Kier alpha value is -1.98. The summed E-state index contributed by atoms with van der Waals surface area (Å²) in [5, 5.41) is 0.804. The van der Waals surface area contributed by atoms with Crippen molar-refractivity contribution < 1.29 is 19.1 Å². The molecule has 1 aromatic rings. The fraction of sp³-hybridized carbons (Fsp3) is 0.333. The van der Waals surface area contributed by atoms with E-state index in [4.69, 9.17) is 38.4 Å². The van der Waals surface area contributed by atoms with E-state index in [1.807, 2.05) is 0 Å². The van der Waals surface area contributed by atoms with E-state index in [0.29, 0.717) is 46.2 Å². The number of hydrogen-bond acceptors (Lipinski definition) is 5. The Morgan fingerprint density at radius 2 is 2.12 bits per heavy atom. The molecule has 0 spiro atoms. The fourth-order valence-electron chi connectivity index (χ4n) is 3.21. The lowest BCUT2D eigenvalue weighted by molar-refractivity contribution is -0.139. The highest BCUT2D eigenvalue weighted by molar-refractivity contribution is 6.35. The van der Waals surface area contributed by atoms with E-state index in [0.717, 1.165) is 0 Å². The summed E-state index contributed by atoms with van der Waals surface area (Å²) in [7, 11) is 0. The lowest BCUT2D eigenvalue weighted by Gasteiger charge is -2.32. The van der Waals surface area contributed by atoms with Gasteiger partial charge in [-0.25, -0.2) is 4.79 Å². The number of nitrogens with two attached hydrogens (primary N) is 1. The second-order valence-corrected chi connectivity index (χ2v) is 6.66. The van der Waals surface area contributed by atoms with Crippen molar-refractivity contribution in [3.63, 3.8) is 0 Å². The minimum atomic E-state index is -0.722. The number of benzene rings is 1. The highest BCUT2D eigenvalue weighted by Crippen LogP contribution is 2.46. The van der Waals surface area contributed by atoms with Gasteiger partial charge in [-0.3, -0.25) is 4.79 Å². The summed E-state index contributed by atoms with van der Waals surface area (Å²) in [6.45, 7) is 1.87. The van der Waals surface area contributed by atoms with Gasteiger partial charge >= 0.3 is 5.97 Å². The van der Waals surface area contributed by atoms with Crippen LogP contribution in [0.4, 0.5) is 0 Å². The van der Waals surface area contributed by atoms with E-state index in [1.54, 1.807) is 25.1 Å². The minimum absolute atomic E-state index is 0.0529. The van der Waals surface area contributed by atoms with Crippen molar-refractivity contribution in [2.24, 2.45) is 5.73 Å². The average Bonchev–Trinajstić information content (AvgIpc) is 2.54. The second-order valence-electron chi connectivity index (χ2n) is 5.81. The lowest BCUT2D eigenvalue weighted by Crippen LogP contribution is -2.31. The van der Waals surface area contributed by atoms with Crippen LogP contribution in [0.25, 0.3) is 0 Å². The second kappa shape index (κ2) is 7.10. The van der Waals surface area contributed by atoms with Gasteiger partial charge in [-0.1, -0.05) is 29.3 Å². The van der Waals surface area contributed by atoms with Crippen LogP contribution in [0.5, 0.6) is 0 Å². The molecule has 1 aliphatic heterocycles. The number of carbonyl (C=O) groups excluding carboxylic acids is 2. The molecule has 1 unspecified atom stereocenters. The van der Waals surface area contributed by atoms with Gasteiger partial charge in [0, 0.05) is 28.5 Å². The summed E-state index contributed by atoms with van der Waals surface area (Å²) < 4.78 is 10.7. The summed E-state index contributed by atoms with van der Waals surface area (Å²) in [5.74, 6) is -0.978. The van der Waals surface area contributed by atoms with E-state index in [1.165, 1.54) is 0 Å². The van der Waals surface area contributed by atoms with Crippen molar-refractivity contribution in [1.82, 2.24) is 0 Å². The van der Waals surface area contributed by atoms with Crippen LogP contribution in [-0.2, 0) is 19.1 Å². The Kier molecular flexibility index (Phi) is 5.06. The Labute approximate surface area is 155 Å². The summed E-state index contributed by atoms with van der Waals surface area (Å²) in [5.41, 5.74) is 7.11. The Balaban J connectivity index is 2.20. The first kappa shape index (κ1) is 17.8. The van der Waals surface area contributed by atoms with E-state index in [2.05, 4.69) is 0 Å². The number of hydrogen-bond donors (Lipinski definition) is 1. The maximum Gasteiger partial charge on any atom is 0.340 e. The number of ketones is 1. The first-order valence-electron chi connectivity index (χ1n) is 7.99. The van der Waals surface area contributed by atoms with Crippen LogP contribution in [0.2, 0.25) is 10.0 Å². The van der Waals surface area contributed by atoms with Crippen LogP contribution < -0.4 is 5.73 Å². The Morgan fingerprint density at radius 1 is 1.36 bits per heavy atom. The quantitative estimate of drug-likeness (QED) is 0.804. The summed E-state index contributed by atoms with van der Waals surface area (Å²) in [4.78, 5) is 25.1. The molecule has 1 aliphatic carbocycles. The van der Waals surface area contributed by atoms with Crippen LogP contribution >= 0.6 is 23.2 Å². The van der Waals surface area contributed by atoms with Gasteiger partial charge in [0.25, 0.3) is 0 Å². The smallest absolute Gasteiger partial charge is 0.340 e. The third kappa shape index (κ3) is 3.26. The summed E-state index contributed by atoms with van der Waals surface area (Å²) in [6, 6.07) is 4.92. The average molecular weight is 382 g/mol. The van der Waals surface area contributed by atoms with Gasteiger partial charge < -0.3 is 15.2 Å². The van der Waals surface area contributed by atoms with Crippen LogP contribution in [-0.4, -0.2) is 18.4 Å². The zero-order valence-electron chi connectivity index (χ0n) is 13.6. The van der Waals surface area contributed by atoms with Gasteiger partial charge in [0.2, 0.25) is 5.88 Å². The van der Waals surface area contributed by atoms with Crippen molar-refractivity contribution in [1.29, 1.82) is 0 Å². The fourth-order valence-corrected chi connectivity index (χ4v) is 3.73. The van der Waals surface area contributed by atoms with E-state index in [9.17, 15) is 9.59 Å². The van der Waals surface area contributed by atoms with Crippen molar-refractivity contribution in [3.05, 3.63) is 56.6 Å². The Morgan fingerprint density at radius 3 is 2.80 bits per heavy atom. The lowest BCUT2D eigenvalue weighted by atomic mass is 9.77. The van der Waals surface area contributed by atoms with Gasteiger partial charge in [0.05, 0.1) is 12.5 Å². The molecule has 2 N–H and O–H groups in total. The topological polar surface area (TPSA) is 78.6 Å². The number of rotatable bonds is 3. The largest absolute Gasteiger partial charge is 0.462 e. The number of esters is 1. The normalized spacial score (nSPS) is 20.3. The molecule has 0 bridgehead atoms. The zero-order chi connectivity index (χ0) is 18.1. The molecule has 0 saturated heterocycles. The summed E-state index contributed by atoms with van der Waals surface area (Å²) in [6.07, 6.45) is 1.65. The number of Topliss-reactive ketones (excluding diaryl/α,β-unsaturated/α-hetero) is 1. The Bertz CT molecular complexity index is 813. The molecule has 1 heterocycles. The van der Waals surface area contributed by atoms with Gasteiger partial charge in [-0.15, -0.1) is 0 Å². The number of carbonyl (C=O) groups is 2. The molecule has 1 atom stereocenters. The predicted octanol–water partition coefficient (Wildman–Crippen LogP) is 3.85. The highest BCUT2D eigenvalue weighted by Gasteiger charge is 2.41. The molecule has 132 valence electrons. The molecule has 3 rings (SSSR count).